The van der Waals surface area contributed by atoms with Crippen LogP contribution in [0.2, 0.25) is 0 Å². The van der Waals surface area contributed by atoms with Crippen LogP contribution in [0.1, 0.15) is 15.9 Å². The van der Waals surface area contributed by atoms with Gasteiger partial charge in [-0.2, -0.15) is 11.8 Å². The van der Waals surface area contributed by atoms with Gasteiger partial charge in [0.2, 0.25) is 0 Å². The third kappa shape index (κ3) is 2.78. The molecule has 140 valence electrons. The number of thioether (sulfide) groups is 1. The smallest absolute Gasteiger partial charge is 0.259 e. The number of carbonyl (C=O) groups is 1. The lowest BCUT2D eigenvalue weighted by atomic mass is 9.99. The number of hydrogen-bond donors (Lipinski definition) is 0. The maximum absolute atomic E-state index is 13.5. The number of benzene rings is 2. The van der Waals surface area contributed by atoms with E-state index in [4.69, 9.17) is 0 Å². The Morgan fingerprint density at radius 2 is 1.61 bits per heavy atom. The van der Waals surface area contributed by atoms with E-state index in [1.165, 1.54) is 0 Å². The Morgan fingerprint density at radius 3 is 2.39 bits per heavy atom. The van der Waals surface area contributed by atoms with E-state index in [0.29, 0.717) is 17.7 Å². The molecular formula is C23H20N2O2S. The number of aromatic nitrogens is 1. The van der Waals surface area contributed by atoms with Crippen LogP contribution in [0.3, 0.4) is 0 Å². The Labute approximate surface area is 167 Å². The largest absolute Gasteiger partial charge is 0.337 e. The third-order valence-corrected chi connectivity index (χ3v) is 6.45. The van der Waals surface area contributed by atoms with Crippen molar-refractivity contribution in [3.05, 3.63) is 82.1 Å². The summed E-state index contributed by atoms with van der Waals surface area (Å²) in [6.45, 7) is 2.02. The second-order valence-electron chi connectivity index (χ2n) is 7.14. The van der Waals surface area contributed by atoms with Crippen LogP contribution in [-0.4, -0.2) is 40.0 Å². The molecule has 2 aliphatic rings. The molecule has 5 heteroatoms. The van der Waals surface area contributed by atoms with Gasteiger partial charge in [-0.05, 0) is 17.2 Å². The molecule has 0 saturated carbocycles. The first-order valence-corrected chi connectivity index (χ1v) is 10.7. The second kappa shape index (κ2) is 6.99. The van der Waals surface area contributed by atoms with Crippen molar-refractivity contribution in [3.63, 3.8) is 0 Å². The van der Waals surface area contributed by atoms with Crippen molar-refractivity contribution < 1.29 is 4.79 Å². The summed E-state index contributed by atoms with van der Waals surface area (Å²) in [7, 11) is 0. The van der Waals surface area contributed by atoms with E-state index in [2.05, 4.69) is 0 Å². The Bertz CT molecular complexity index is 1120. The van der Waals surface area contributed by atoms with Crippen LogP contribution >= 0.6 is 11.8 Å². The van der Waals surface area contributed by atoms with Crippen LogP contribution in [0.15, 0.2) is 65.5 Å². The molecule has 1 fully saturated rings. The molecule has 1 saturated heterocycles. The summed E-state index contributed by atoms with van der Waals surface area (Å²) >= 11 is 1.88. The normalized spacial score (nSPS) is 15.2. The number of rotatable bonds is 2. The van der Waals surface area contributed by atoms with Crippen molar-refractivity contribution in [1.82, 2.24) is 9.47 Å². The highest BCUT2D eigenvalue weighted by molar-refractivity contribution is 7.99. The van der Waals surface area contributed by atoms with Crippen molar-refractivity contribution in [2.24, 2.45) is 0 Å². The topological polar surface area (TPSA) is 42.3 Å². The van der Waals surface area contributed by atoms with E-state index in [1.54, 1.807) is 4.57 Å². The lowest BCUT2D eigenvalue weighted by Crippen LogP contribution is -2.39. The summed E-state index contributed by atoms with van der Waals surface area (Å²) in [6, 6.07) is 19.4. The Hall–Kier alpha value is -2.79. The fraction of sp³-hybridized carbons (Fsp3) is 0.217. The van der Waals surface area contributed by atoms with E-state index >= 15 is 0 Å². The van der Waals surface area contributed by atoms with Crippen LogP contribution in [0.5, 0.6) is 0 Å². The molecule has 0 unspecified atom stereocenters. The predicted molar refractivity (Wildman–Crippen MR) is 114 cm³/mol. The zero-order chi connectivity index (χ0) is 19.1. The number of fused-ring (bicyclic) bond motifs is 3. The van der Waals surface area contributed by atoms with Crippen LogP contribution in [-0.2, 0) is 6.54 Å². The fourth-order valence-electron chi connectivity index (χ4n) is 4.09. The molecule has 0 aliphatic carbocycles. The van der Waals surface area contributed by atoms with Gasteiger partial charge in [-0.15, -0.1) is 0 Å². The molecule has 4 nitrogen and oxygen atoms in total. The minimum Gasteiger partial charge on any atom is -0.337 e. The monoisotopic (exact) mass is 388 g/mol. The molecule has 2 aromatic carbocycles. The first-order valence-electron chi connectivity index (χ1n) is 9.52. The van der Waals surface area contributed by atoms with Gasteiger partial charge in [0, 0.05) is 35.7 Å². The van der Waals surface area contributed by atoms with Gasteiger partial charge in [-0.25, -0.2) is 0 Å². The summed E-state index contributed by atoms with van der Waals surface area (Å²) in [5, 5.41) is 0. The number of hydrogen-bond acceptors (Lipinski definition) is 3. The van der Waals surface area contributed by atoms with Gasteiger partial charge >= 0.3 is 0 Å². The van der Waals surface area contributed by atoms with Gasteiger partial charge in [-0.1, -0.05) is 54.6 Å². The predicted octanol–water partition coefficient (Wildman–Crippen LogP) is 3.73. The maximum Gasteiger partial charge on any atom is 0.259 e. The van der Waals surface area contributed by atoms with Gasteiger partial charge in [-0.3, -0.25) is 9.59 Å². The lowest BCUT2D eigenvalue weighted by Gasteiger charge is -2.27. The summed E-state index contributed by atoms with van der Waals surface area (Å²) in [6.07, 6.45) is 0. The highest BCUT2D eigenvalue weighted by Crippen LogP contribution is 2.35. The second-order valence-corrected chi connectivity index (χ2v) is 8.36. The van der Waals surface area contributed by atoms with E-state index in [0.717, 1.165) is 47.0 Å². The van der Waals surface area contributed by atoms with Gasteiger partial charge in [0.05, 0.1) is 17.8 Å². The molecule has 2 aliphatic heterocycles. The Kier molecular flexibility index (Phi) is 4.32. The van der Waals surface area contributed by atoms with Crippen LogP contribution in [0.25, 0.3) is 22.4 Å². The van der Waals surface area contributed by atoms with Crippen LogP contribution in [0, 0.1) is 0 Å². The van der Waals surface area contributed by atoms with Gasteiger partial charge < -0.3 is 9.47 Å². The van der Waals surface area contributed by atoms with Crippen LogP contribution in [0.4, 0.5) is 0 Å². The number of nitrogens with zero attached hydrogens (tertiary/aromatic N) is 2. The van der Waals surface area contributed by atoms with Crippen molar-refractivity contribution in [2.45, 2.75) is 6.54 Å². The zero-order valence-electron chi connectivity index (χ0n) is 15.4. The quantitative estimate of drug-likeness (QED) is 0.525. The summed E-state index contributed by atoms with van der Waals surface area (Å²) < 4.78 is 1.78. The van der Waals surface area contributed by atoms with E-state index < -0.39 is 0 Å². The SMILES string of the molecule is O=C(c1cc(-c2ccccc2)c(=O)n2c1-c1ccccc1C2)N1CCSCC1. The molecule has 0 spiro atoms. The molecule has 3 aromatic rings. The molecule has 0 radical (unpaired) electrons. The molecule has 0 atom stereocenters. The first kappa shape index (κ1) is 17.3. The van der Waals surface area contributed by atoms with Gasteiger partial charge in [0.15, 0.2) is 0 Å². The zero-order valence-corrected chi connectivity index (χ0v) is 16.2. The Balaban J connectivity index is 1.74. The minimum absolute atomic E-state index is 0.0259. The van der Waals surface area contributed by atoms with Crippen molar-refractivity contribution in [2.75, 3.05) is 24.6 Å². The molecule has 5 rings (SSSR count). The maximum atomic E-state index is 13.5. The molecule has 3 heterocycles. The highest BCUT2D eigenvalue weighted by Gasteiger charge is 2.30. The van der Waals surface area contributed by atoms with E-state index in [-0.39, 0.29) is 11.5 Å². The average Bonchev–Trinajstić information content (AvgIpc) is 3.15. The molecular weight excluding hydrogens is 368 g/mol. The molecule has 1 aromatic heterocycles. The number of carbonyl (C=O) groups excluding carboxylic acids is 1. The summed E-state index contributed by atoms with van der Waals surface area (Å²) in [5.74, 6) is 1.95. The van der Waals surface area contributed by atoms with Crippen molar-refractivity contribution in [3.8, 4) is 22.4 Å². The Morgan fingerprint density at radius 1 is 0.893 bits per heavy atom. The molecule has 0 N–H and O–H groups in total. The fourth-order valence-corrected chi connectivity index (χ4v) is 5.00. The number of pyridine rings is 1. The van der Waals surface area contributed by atoms with Crippen LogP contribution < -0.4 is 5.56 Å². The van der Waals surface area contributed by atoms with Crippen molar-refractivity contribution >= 4 is 17.7 Å². The van der Waals surface area contributed by atoms with Gasteiger partial charge in [0.25, 0.3) is 11.5 Å². The minimum atomic E-state index is -0.0388. The highest BCUT2D eigenvalue weighted by atomic mass is 32.2. The average molecular weight is 388 g/mol. The number of amides is 1. The van der Waals surface area contributed by atoms with E-state index in [1.807, 2.05) is 77.3 Å². The first-order chi connectivity index (χ1) is 13.7. The summed E-state index contributed by atoms with van der Waals surface area (Å²) in [4.78, 5) is 28.7. The molecule has 1 amide bonds. The third-order valence-electron chi connectivity index (χ3n) is 5.50. The standard InChI is InChI=1S/C23H20N2O2S/c26-22(24-10-12-28-13-11-24)20-14-19(16-6-2-1-3-7-16)23(27)25-15-17-8-4-5-9-18(17)21(20)25/h1-9,14H,10-13,15H2. The molecule has 28 heavy (non-hydrogen) atoms. The van der Waals surface area contributed by atoms with Gasteiger partial charge in [0.1, 0.15) is 0 Å². The van der Waals surface area contributed by atoms with Crippen molar-refractivity contribution in [1.29, 1.82) is 0 Å². The summed E-state index contributed by atoms with van der Waals surface area (Å²) in [5.41, 5.74) is 4.89. The van der Waals surface area contributed by atoms with E-state index in [9.17, 15) is 9.59 Å². The molecule has 0 bridgehead atoms. The lowest BCUT2D eigenvalue weighted by molar-refractivity contribution is 0.0772.